The Bertz CT molecular complexity index is 772. The summed E-state index contributed by atoms with van der Waals surface area (Å²) >= 11 is 0. The molecular formula is C20H17F2NO. The molecule has 24 heavy (non-hydrogen) atoms. The summed E-state index contributed by atoms with van der Waals surface area (Å²) in [4.78, 5) is 14.6. The lowest BCUT2D eigenvalue weighted by atomic mass is 9.94. The lowest BCUT2D eigenvalue weighted by Gasteiger charge is -2.26. The van der Waals surface area contributed by atoms with Crippen LogP contribution in [0.15, 0.2) is 59.7 Å². The lowest BCUT2D eigenvalue weighted by molar-refractivity contribution is -0.113. The van der Waals surface area contributed by atoms with Gasteiger partial charge in [-0.1, -0.05) is 36.4 Å². The van der Waals surface area contributed by atoms with Crippen molar-refractivity contribution in [3.05, 3.63) is 82.4 Å². The molecule has 3 rings (SSSR count). The molecule has 1 fully saturated rings. The quantitative estimate of drug-likeness (QED) is 0.779. The second kappa shape index (κ2) is 6.89. The maximum Gasteiger partial charge on any atom is 0.187 e. The largest absolute Gasteiger partial charge is 0.298 e. The Labute approximate surface area is 139 Å². The van der Waals surface area contributed by atoms with E-state index in [0.717, 1.165) is 0 Å². The number of Topliss-reactive ketones (excluding diaryl/α,β-unsaturated/α-hetero) is 1. The first-order valence-corrected chi connectivity index (χ1v) is 7.68. The number of carbonyl (C=O) groups is 1. The van der Waals surface area contributed by atoms with Crippen molar-refractivity contribution >= 4 is 17.9 Å². The van der Waals surface area contributed by atoms with E-state index in [0.29, 0.717) is 35.4 Å². The molecule has 4 heteroatoms. The van der Waals surface area contributed by atoms with Gasteiger partial charge in [-0.3, -0.25) is 9.69 Å². The highest BCUT2D eigenvalue weighted by atomic mass is 19.1. The fourth-order valence-electron chi connectivity index (χ4n) is 2.77. The molecule has 0 bridgehead atoms. The summed E-state index contributed by atoms with van der Waals surface area (Å²) in [5.41, 5.74) is 1.75. The van der Waals surface area contributed by atoms with Crippen molar-refractivity contribution in [3.63, 3.8) is 0 Å². The number of piperidine rings is 1. The molecule has 1 aliphatic heterocycles. The second-order valence-electron chi connectivity index (χ2n) is 5.88. The maximum atomic E-state index is 13.8. The zero-order chi connectivity index (χ0) is 17.1. The number of ketones is 1. The van der Waals surface area contributed by atoms with Gasteiger partial charge in [-0.2, -0.15) is 0 Å². The van der Waals surface area contributed by atoms with Gasteiger partial charge in [0.05, 0.1) is 0 Å². The second-order valence-corrected chi connectivity index (χ2v) is 5.88. The molecule has 0 spiro atoms. The smallest absolute Gasteiger partial charge is 0.187 e. The number of likely N-dealkylation sites (N-methyl/N-ethyl adjacent to an activating group) is 1. The highest BCUT2D eigenvalue weighted by Crippen LogP contribution is 2.22. The van der Waals surface area contributed by atoms with Crippen LogP contribution in [0.5, 0.6) is 0 Å². The number of nitrogens with zero attached hydrogens (tertiary/aromatic N) is 1. The zero-order valence-electron chi connectivity index (χ0n) is 13.3. The molecule has 0 unspecified atom stereocenters. The number of hydrogen-bond donors (Lipinski definition) is 0. The standard InChI is InChI=1S/C20H17F2NO/c1-23-12-16(10-14-6-2-4-8-18(14)21)20(24)17(13-23)11-15-7-3-5-9-19(15)22/h2-11H,12-13H2,1H3/b16-10-,17-11+. The Balaban J connectivity index is 1.98. The summed E-state index contributed by atoms with van der Waals surface area (Å²) in [6.07, 6.45) is 3.14. The molecule has 0 aliphatic carbocycles. The minimum Gasteiger partial charge on any atom is -0.298 e. The molecule has 0 radical (unpaired) electrons. The first-order valence-electron chi connectivity index (χ1n) is 7.68. The predicted octanol–water partition coefficient (Wildman–Crippen LogP) is 3.95. The summed E-state index contributed by atoms with van der Waals surface area (Å²) in [6, 6.07) is 12.6. The summed E-state index contributed by atoms with van der Waals surface area (Å²) in [5, 5.41) is 0. The van der Waals surface area contributed by atoms with Gasteiger partial charge in [0.25, 0.3) is 0 Å². The van der Waals surface area contributed by atoms with E-state index in [1.807, 2.05) is 11.9 Å². The van der Waals surface area contributed by atoms with Crippen LogP contribution in [-0.2, 0) is 4.79 Å². The van der Waals surface area contributed by atoms with Crippen molar-refractivity contribution in [2.24, 2.45) is 0 Å². The van der Waals surface area contributed by atoms with Crippen molar-refractivity contribution in [3.8, 4) is 0 Å². The van der Waals surface area contributed by atoms with Crippen molar-refractivity contribution in [2.45, 2.75) is 0 Å². The average molecular weight is 325 g/mol. The molecule has 0 saturated carbocycles. The first kappa shape index (κ1) is 16.3. The minimum absolute atomic E-state index is 0.167. The first-order chi connectivity index (χ1) is 11.5. The molecule has 1 aliphatic rings. The van der Waals surface area contributed by atoms with E-state index in [1.165, 1.54) is 12.1 Å². The third-order valence-electron chi connectivity index (χ3n) is 3.93. The van der Waals surface area contributed by atoms with Crippen LogP contribution in [0.3, 0.4) is 0 Å². The van der Waals surface area contributed by atoms with E-state index < -0.39 is 0 Å². The van der Waals surface area contributed by atoms with Gasteiger partial charge in [-0.25, -0.2) is 8.78 Å². The van der Waals surface area contributed by atoms with Crippen LogP contribution in [0.2, 0.25) is 0 Å². The van der Waals surface area contributed by atoms with E-state index in [2.05, 4.69) is 0 Å². The normalized spacial score (nSPS) is 19.2. The molecule has 2 aromatic carbocycles. The van der Waals surface area contributed by atoms with Crippen molar-refractivity contribution < 1.29 is 13.6 Å². The molecule has 0 amide bonds. The van der Waals surface area contributed by atoms with E-state index in [4.69, 9.17) is 0 Å². The SMILES string of the molecule is CN1C/C(=C/c2ccccc2F)C(=O)/C(=C/c2ccccc2F)C1. The Kier molecular flexibility index (Phi) is 4.67. The average Bonchev–Trinajstić information content (AvgIpc) is 2.56. The van der Waals surface area contributed by atoms with Crippen LogP contribution in [0.25, 0.3) is 12.2 Å². The minimum atomic E-state index is -0.370. The highest BCUT2D eigenvalue weighted by Gasteiger charge is 2.24. The maximum absolute atomic E-state index is 13.8. The van der Waals surface area contributed by atoms with Crippen LogP contribution in [0.1, 0.15) is 11.1 Å². The number of likely N-dealkylation sites (tertiary alicyclic amines) is 1. The molecule has 1 saturated heterocycles. The number of carbonyl (C=O) groups excluding carboxylic acids is 1. The molecule has 2 aromatic rings. The van der Waals surface area contributed by atoms with Crippen molar-refractivity contribution in [1.29, 1.82) is 0 Å². The van der Waals surface area contributed by atoms with Gasteiger partial charge < -0.3 is 0 Å². The summed E-state index contributed by atoms with van der Waals surface area (Å²) in [7, 11) is 1.87. The lowest BCUT2D eigenvalue weighted by Crippen LogP contribution is -2.34. The van der Waals surface area contributed by atoms with Gasteiger partial charge in [0.2, 0.25) is 0 Å². The third kappa shape index (κ3) is 3.49. The summed E-state index contributed by atoms with van der Waals surface area (Å²) < 4.78 is 27.7. The summed E-state index contributed by atoms with van der Waals surface area (Å²) in [5.74, 6) is -0.907. The monoisotopic (exact) mass is 325 g/mol. The van der Waals surface area contributed by atoms with Crippen molar-refractivity contribution in [1.82, 2.24) is 4.90 Å². The number of benzene rings is 2. The van der Waals surface area contributed by atoms with Gasteiger partial charge in [-0.15, -0.1) is 0 Å². The van der Waals surface area contributed by atoms with Crippen molar-refractivity contribution in [2.75, 3.05) is 20.1 Å². The van der Waals surface area contributed by atoms with Crippen LogP contribution in [0.4, 0.5) is 8.78 Å². The van der Waals surface area contributed by atoms with Crippen LogP contribution in [-0.4, -0.2) is 30.8 Å². The molecule has 0 N–H and O–H groups in total. The van der Waals surface area contributed by atoms with Gasteiger partial charge >= 0.3 is 0 Å². The van der Waals surface area contributed by atoms with E-state index >= 15 is 0 Å². The number of hydrogen-bond acceptors (Lipinski definition) is 2. The molecule has 122 valence electrons. The van der Waals surface area contributed by atoms with Crippen LogP contribution < -0.4 is 0 Å². The topological polar surface area (TPSA) is 20.3 Å². The molecule has 2 nitrogen and oxygen atoms in total. The van der Waals surface area contributed by atoms with Crippen LogP contribution >= 0.6 is 0 Å². The fourth-order valence-corrected chi connectivity index (χ4v) is 2.77. The van der Waals surface area contributed by atoms with Gasteiger partial charge in [0, 0.05) is 35.4 Å². The highest BCUT2D eigenvalue weighted by molar-refractivity contribution is 6.14. The molecule has 0 atom stereocenters. The van der Waals surface area contributed by atoms with E-state index in [9.17, 15) is 13.6 Å². The molecule has 0 aromatic heterocycles. The van der Waals surface area contributed by atoms with Crippen LogP contribution in [0, 0.1) is 11.6 Å². The predicted molar refractivity (Wildman–Crippen MR) is 91.3 cm³/mol. The Morgan fingerprint density at radius 1 is 0.833 bits per heavy atom. The Morgan fingerprint density at radius 2 is 1.25 bits per heavy atom. The zero-order valence-corrected chi connectivity index (χ0v) is 13.3. The van der Waals surface area contributed by atoms with Gasteiger partial charge in [0.1, 0.15) is 11.6 Å². The van der Waals surface area contributed by atoms with E-state index in [1.54, 1.807) is 48.6 Å². The summed E-state index contributed by atoms with van der Waals surface area (Å²) in [6.45, 7) is 0.865. The molecule has 1 heterocycles. The van der Waals surface area contributed by atoms with Gasteiger partial charge in [0.15, 0.2) is 5.78 Å². The Hall–Kier alpha value is -2.59. The fraction of sp³-hybridized carbons (Fsp3) is 0.150. The van der Waals surface area contributed by atoms with Gasteiger partial charge in [-0.05, 0) is 31.3 Å². The van der Waals surface area contributed by atoms with E-state index in [-0.39, 0.29) is 17.4 Å². The number of halogens is 2. The Morgan fingerprint density at radius 3 is 1.67 bits per heavy atom. The third-order valence-corrected chi connectivity index (χ3v) is 3.93. The molecular weight excluding hydrogens is 308 g/mol. The number of rotatable bonds is 2.